The summed E-state index contributed by atoms with van der Waals surface area (Å²) in [5, 5.41) is 13.2. The number of sulfonamides is 1. The molecule has 1 aliphatic carbocycles. The second-order valence-electron chi connectivity index (χ2n) is 7.82. The summed E-state index contributed by atoms with van der Waals surface area (Å²) in [4.78, 5) is 14.0. The topological polar surface area (TPSA) is 113 Å². The molecule has 0 unspecified atom stereocenters. The zero-order valence-corrected chi connectivity index (χ0v) is 18.9. The van der Waals surface area contributed by atoms with Crippen LogP contribution in [0.25, 0.3) is 10.6 Å². The van der Waals surface area contributed by atoms with Crippen molar-refractivity contribution in [3.8, 4) is 10.6 Å². The molecule has 2 atom stereocenters. The molecule has 0 radical (unpaired) electrons. The molecule has 8 nitrogen and oxygen atoms in total. The molecule has 2 aromatic heterocycles. The summed E-state index contributed by atoms with van der Waals surface area (Å²) >= 11 is 0.661. The molecule has 0 aliphatic heterocycles. The molecule has 0 bridgehead atoms. The van der Waals surface area contributed by atoms with E-state index in [4.69, 9.17) is 0 Å². The highest BCUT2D eigenvalue weighted by Gasteiger charge is 2.63. The standard InChI is InChI=1S/C20H18F3N3O5S2/c1-26(2)12-5-3-4-11(8-12)13-10-19(13,18(27)28)25-33(29,30)17-7-6-15(32-17)14-9-16(31-24-14)20(21,22)23/h3-9,13,25H,10H2,1-2H3,(H,27,28)/t13-,19+/m0/s1. The summed E-state index contributed by atoms with van der Waals surface area (Å²) in [6.07, 6.45) is -4.66. The third kappa shape index (κ3) is 4.35. The van der Waals surface area contributed by atoms with Gasteiger partial charge in [-0.05, 0) is 36.2 Å². The quantitative estimate of drug-likeness (QED) is 0.507. The van der Waals surface area contributed by atoms with E-state index in [2.05, 4.69) is 14.4 Å². The first-order valence-corrected chi connectivity index (χ1v) is 11.8. The first-order chi connectivity index (χ1) is 15.3. The smallest absolute Gasteiger partial charge is 0.452 e. The Labute approximate surface area is 190 Å². The van der Waals surface area contributed by atoms with E-state index in [9.17, 15) is 31.5 Å². The summed E-state index contributed by atoms with van der Waals surface area (Å²) in [5.41, 5.74) is -0.368. The first kappa shape index (κ1) is 23.3. The van der Waals surface area contributed by atoms with Gasteiger partial charge >= 0.3 is 12.1 Å². The second kappa shape index (κ2) is 7.85. The van der Waals surface area contributed by atoms with E-state index in [0.717, 1.165) is 5.69 Å². The van der Waals surface area contributed by atoms with E-state index >= 15 is 0 Å². The van der Waals surface area contributed by atoms with Crippen LogP contribution in [-0.2, 0) is 21.0 Å². The van der Waals surface area contributed by atoms with Crippen molar-refractivity contribution < 1.29 is 36.0 Å². The molecule has 4 rings (SSSR count). The average Bonchev–Trinajstić information content (AvgIpc) is 3.11. The van der Waals surface area contributed by atoms with Crippen LogP contribution < -0.4 is 9.62 Å². The number of carboxylic acids is 1. The predicted octanol–water partition coefficient (Wildman–Crippen LogP) is 3.78. The van der Waals surface area contributed by atoms with Gasteiger partial charge in [-0.1, -0.05) is 17.3 Å². The van der Waals surface area contributed by atoms with Gasteiger partial charge in [0.2, 0.25) is 5.76 Å². The van der Waals surface area contributed by atoms with E-state index in [-0.39, 0.29) is 21.2 Å². The van der Waals surface area contributed by atoms with E-state index in [1.54, 1.807) is 18.2 Å². The normalized spacial score (nSPS) is 20.6. The molecule has 176 valence electrons. The number of anilines is 1. The molecule has 1 saturated carbocycles. The maximum absolute atomic E-state index is 13.0. The molecule has 0 amide bonds. The Balaban J connectivity index is 1.59. The number of carboxylic acid groups (broad SMARTS) is 1. The molecule has 3 aromatic rings. The number of hydrogen-bond donors (Lipinski definition) is 2. The van der Waals surface area contributed by atoms with Gasteiger partial charge in [0.15, 0.2) is 0 Å². The largest absolute Gasteiger partial charge is 0.480 e. The Kier molecular flexibility index (Phi) is 5.53. The molecule has 2 heterocycles. The highest BCUT2D eigenvalue weighted by atomic mass is 32.2. The van der Waals surface area contributed by atoms with Gasteiger partial charge in [0.1, 0.15) is 15.4 Å². The predicted molar refractivity (Wildman–Crippen MR) is 114 cm³/mol. The highest BCUT2D eigenvalue weighted by molar-refractivity contribution is 7.91. The molecule has 0 spiro atoms. The molecule has 1 aliphatic rings. The molecular weight excluding hydrogens is 483 g/mol. The van der Waals surface area contributed by atoms with Crippen LogP contribution in [0.3, 0.4) is 0 Å². The van der Waals surface area contributed by atoms with Gasteiger partial charge in [-0.2, -0.15) is 17.9 Å². The summed E-state index contributed by atoms with van der Waals surface area (Å²) in [5.74, 6) is -3.19. The monoisotopic (exact) mass is 501 g/mol. The van der Waals surface area contributed by atoms with E-state index < -0.39 is 39.4 Å². The lowest BCUT2D eigenvalue weighted by molar-refractivity contribution is -0.155. The van der Waals surface area contributed by atoms with Crippen LogP contribution in [0.1, 0.15) is 23.7 Å². The van der Waals surface area contributed by atoms with Crippen LogP contribution in [0, 0.1) is 0 Å². The van der Waals surface area contributed by atoms with Crippen LogP contribution in [0.2, 0.25) is 0 Å². The fraction of sp³-hybridized carbons (Fsp3) is 0.300. The summed E-state index contributed by atoms with van der Waals surface area (Å²) < 4.78 is 70.4. The number of rotatable bonds is 7. The Morgan fingerprint density at radius 3 is 2.61 bits per heavy atom. The Morgan fingerprint density at radius 2 is 2.00 bits per heavy atom. The summed E-state index contributed by atoms with van der Waals surface area (Å²) in [7, 11) is -0.613. The molecular formula is C20H18F3N3O5S2. The van der Waals surface area contributed by atoms with Gasteiger partial charge in [0.25, 0.3) is 10.0 Å². The Bertz CT molecular complexity index is 1320. The number of nitrogens with zero attached hydrogens (tertiary/aromatic N) is 2. The Morgan fingerprint density at radius 1 is 1.27 bits per heavy atom. The number of aliphatic carboxylic acids is 1. The van der Waals surface area contributed by atoms with Crippen LogP contribution in [0.4, 0.5) is 18.9 Å². The fourth-order valence-electron chi connectivity index (χ4n) is 3.50. The third-order valence-electron chi connectivity index (χ3n) is 5.34. The van der Waals surface area contributed by atoms with Crippen LogP contribution >= 0.6 is 11.3 Å². The van der Waals surface area contributed by atoms with Crippen molar-refractivity contribution >= 4 is 33.0 Å². The third-order valence-corrected chi connectivity index (χ3v) is 8.45. The van der Waals surface area contributed by atoms with E-state index in [1.807, 2.05) is 25.1 Å². The fourth-order valence-corrected chi connectivity index (χ4v) is 6.16. The zero-order chi connectivity index (χ0) is 24.2. The van der Waals surface area contributed by atoms with Crippen LogP contribution in [0.15, 0.2) is 51.2 Å². The number of nitrogens with one attached hydrogen (secondary N) is 1. The van der Waals surface area contributed by atoms with Gasteiger partial charge in [-0.15, -0.1) is 11.3 Å². The van der Waals surface area contributed by atoms with Gasteiger partial charge in [-0.25, -0.2) is 8.42 Å². The SMILES string of the molecule is CN(C)c1cccc([C@@H]2C[C@]2(NS(=O)(=O)c2ccc(-c3cc(C(F)(F)F)on3)s2)C(=O)O)c1. The highest BCUT2D eigenvalue weighted by Crippen LogP contribution is 2.53. The molecule has 0 saturated heterocycles. The number of carbonyl (C=O) groups is 1. The number of benzene rings is 1. The van der Waals surface area contributed by atoms with Gasteiger partial charge in [-0.3, -0.25) is 4.79 Å². The minimum absolute atomic E-state index is 0.0644. The zero-order valence-electron chi connectivity index (χ0n) is 17.3. The van der Waals surface area contributed by atoms with E-state index in [0.29, 0.717) is 23.0 Å². The van der Waals surface area contributed by atoms with Crippen molar-refractivity contribution in [2.24, 2.45) is 0 Å². The average molecular weight is 502 g/mol. The van der Waals surface area contributed by atoms with Crippen molar-refractivity contribution in [1.29, 1.82) is 0 Å². The second-order valence-corrected chi connectivity index (χ2v) is 10.8. The van der Waals surface area contributed by atoms with Crippen LogP contribution in [-0.4, -0.2) is 44.3 Å². The molecule has 1 aromatic carbocycles. The lowest BCUT2D eigenvalue weighted by Crippen LogP contribution is -2.44. The first-order valence-electron chi connectivity index (χ1n) is 9.52. The van der Waals surface area contributed by atoms with Crippen molar-refractivity contribution in [2.45, 2.75) is 28.3 Å². The minimum atomic E-state index is -4.72. The number of hydrogen-bond acceptors (Lipinski definition) is 7. The van der Waals surface area contributed by atoms with Crippen molar-refractivity contribution in [3.63, 3.8) is 0 Å². The maximum Gasteiger partial charge on any atom is 0.452 e. The van der Waals surface area contributed by atoms with Gasteiger partial charge in [0.05, 0.1) is 4.88 Å². The number of halogens is 3. The molecule has 13 heteroatoms. The molecule has 33 heavy (non-hydrogen) atoms. The molecule has 1 fully saturated rings. The van der Waals surface area contributed by atoms with E-state index in [1.165, 1.54) is 12.1 Å². The lowest BCUT2D eigenvalue weighted by Gasteiger charge is -2.16. The van der Waals surface area contributed by atoms with Crippen LogP contribution in [0.5, 0.6) is 0 Å². The number of aromatic nitrogens is 1. The minimum Gasteiger partial charge on any atom is -0.480 e. The summed E-state index contributed by atoms with van der Waals surface area (Å²) in [6.45, 7) is 0. The number of thiophene rings is 1. The Hall–Kier alpha value is -2.90. The van der Waals surface area contributed by atoms with Crippen molar-refractivity contribution in [1.82, 2.24) is 9.88 Å². The summed E-state index contributed by atoms with van der Waals surface area (Å²) in [6, 6.07) is 10.3. The van der Waals surface area contributed by atoms with Crippen molar-refractivity contribution in [3.05, 3.63) is 53.8 Å². The lowest BCUT2D eigenvalue weighted by atomic mass is 10.1. The van der Waals surface area contributed by atoms with Gasteiger partial charge < -0.3 is 14.5 Å². The van der Waals surface area contributed by atoms with Gasteiger partial charge in [0, 0.05) is 31.8 Å². The maximum atomic E-state index is 13.0. The molecule has 2 N–H and O–H groups in total. The van der Waals surface area contributed by atoms with Crippen molar-refractivity contribution in [2.75, 3.05) is 19.0 Å². The number of alkyl halides is 3.